The Hall–Kier alpha value is -1.19. The summed E-state index contributed by atoms with van der Waals surface area (Å²) in [6, 6.07) is 0. The highest BCUT2D eigenvalue weighted by atomic mass is 19.1. The summed E-state index contributed by atoms with van der Waals surface area (Å²) in [6.07, 6.45) is 0.399. The lowest BCUT2D eigenvalue weighted by atomic mass is 10.2. The lowest BCUT2D eigenvalue weighted by Crippen LogP contribution is -2.26. The molecule has 0 aliphatic carbocycles. The van der Waals surface area contributed by atoms with Crippen LogP contribution in [0.4, 0.5) is 4.39 Å². The number of Topliss-reactive ketones (excluding diaryl/α,β-unsaturated/α-hetero) is 1. The van der Waals surface area contributed by atoms with Gasteiger partial charge in [-0.3, -0.25) is 9.59 Å². The number of nitrogens with one attached hydrogen (secondary N) is 1. The quantitative estimate of drug-likeness (QED) is 0.464. The zero-order chi connectivity index (χ0) is 6.85. The van der Waals surface area contributed by atoms with Crippen molar-refractivity contribution in [2.75, 3.05) is 0 Å². The van der Waals surface area contributed by atoms with Gasteiger partial charge in [-0.05, 0) is 0 Å². The van der Waals surface area contributed by atoms with Crippen molar-refractivity contribution >= 4 is 11.7 Å². The van der Waals surface area contributed by atoms with Gasteiger partial charge in [0.1, 0.15) is 0 Å². The van der Waals surface area contributed by atoms with Gasteiger partial charge in [0.15, 0.2) is 5.83 Å². The van der Waals surface area contributed by atoms with Crippen LogP contribution in [0.2, 0.25) is 0 Å². The third-order valence-corrected chi connectivity index (χ3v) is 0.947. The Balaban J connectivity index is 2.79. The number of amides is 1. The van der Waals surface area contributed by atoms with E-state index >= 15 is 0 Å². The Bertz CT molecular complexity index is 197. The van der Waals surface area contributed by atoms with E-state index in [0.717, 1.165) is 6.20 Å². The number of rotatable bonds is 0. The average Bonchev–Trinajstić information content (AvgIpc) is 1.80. The molecule has 1 N–H and O–H groups in total. The highest BCUT2D eigenvalue weighted by Crippen LogP contribution is 2.04. The molecule has 0 atom stereocenters. The van der Waals surface area contributed by atoms with E-state index in [-0.39, 0.29) is 6.42 Å². The van der Waals surface area contributed by atoms with Gasteiger partial charge < -0.3 is 5.32 Å². The summed E-state index contributed by atoms with van der Waals surface area (Å²) in [5.41, 5.74) is 0. The van der Waals surface area contributed by atoms with E-state index in [9.17, 15) is 14.0 Å². The molecule has 3 nitrogen and oxygen atoms in total. The predicted octanol–water partition coefficient (Wildman–Crippen LogP) is -0.114. The second kappa shape index (κ2) is 1.97. The number of carbonyl (C=O) groups is 2. The number of allylic oxidation sites excluding steroid dienone is 1. The second-order valence-electron chi connectivity index (χ2n) is 1.66. The smallest absolute Gasteiger partial charge is 0.231 e. The maximum absolute atomic E-state index is 12.0. The topological polar surface area (TPSA) is 46.2 Å². The summed E-state index contributed by atoms with van der Waals surface area (Å²) in [7, 11) is 0. The van der Waals surface area contributed by atoms with Gasteiger partial charge in [0.25, 0.3) is 0 Å². The van der Waals surface area contributed by atoms with Crippen LogP contribution in [0.5, 0.6) is 0 Å². The summed E-state index contributed by atoms with van der Waals surface area (Å²) in [5, 5.41) is 2.07. The average molecular weight is 129 g/mol. The fourth-order valence-electron chi connectivity index (χ4n) is 0.506. The van der Waals surface area contributed by atoms with Crippen LogP contribution in [0, 0.1) is 0 Å². The monoisotopic (exact) mass is 129 g/mol. The highest BCUT2D eigenvalue weighted by molar-refractivity contribution is 6.08. The van der Waals surface area contributed by atoms with Gasteiger partial charge >= 0.3 is 0 Å². The van der Waals surface area contributed by atoms with Crippen molar-refractivity contribution in [1.82, 2.24) is 5.32 Å². The molecule has 1 aliphatic heterocycles. The van der Waals surface area contributed by atoms with Crippen molar-refractivity contribution < 1.29 is 14.0 Å². The molecule has 9 heavy (non-hydrogen) atoms. The van der Waals surface area contributed by atoms with Crippen LogP contribution in [-0.2, 0) is 9.59 Å². The maximum atomic E-state index is 12.0. The molecule has 0 aromatic rings. The van der Waals surface area contributed by atoms with Gasteiger partial charge in [-0.1, -0.05) is 0 Å². The molecular weight excluding hydrogens is 125 g/mol. The fraction of sp³-hybridized carbons (Fsp3) is 0.200. The molecule has 0 unspecified atom stereocenters. The van der Waals surface area contributed by atoms with E-state index in [2.05, 4.69) is 5.32 Å². The maximum Gasteiger partial charge on any atom is 0.231 e. The van der Waals surface area contributed by atoms with Crippen LogP contribution in [0.3, 0.4) is 0 Å². The van der Waals surface area contributed by atoms with Crippen molar-refractivity contribution in [3.05, 3.63) is 12.0 Å². The molecule has 0 radical (unpaired) electrons. The van der Waals surface area contributed by atoms with Crippen molar-refractivity contribution in [2.45, 2.75) is 6.42 Å². The van der Waals surface area contributed by atoms with Crippen LogP contribution >= 0.6 is 0 Å². The van der Waals surface area contributed by atoms with Crippen LogP contribution in [-0.4, -0.2) is 11.7 Å². The number of carbonyl (C=O) groups excluding carboxylic acids is 2. The van der Waals surface area contributed by atoms with E-state index in [1.807, 2.05) is 0 Å². The predicted molar refractivity (Wildman–Crippen MR) is 27.0 cm³/mol. The molecule has 0 spiro atoms. The molecule has 0 saturated heterocycles. The van der Waals surface area contributed by atoms with Gasteiger partial charge in [-0.2, -0.15) is 0 Å². The van der Waals surface area contributed by atoms with E-state index in [1.54, 1.807) is 0 Å². The first-order valence-corrected chi connectivity index (χ1v) is 2.38. The number of ketones is 1. The zero-order valence-electron chi connectivity index (χ0n) is 4.48. The van der Waals surface area contributed by atoms with E-state index in [1.165, 1.54) is 0 Å². The van der Waals surface area contributed by atoms with Gasteiger partial charge in [-0.15, -0.1) is 0 Å². The van der Waals surface area contributed by atoms with Gasteiger partial charge in [0.05, 0.1) is 6.42 Å². The summed E-state index contributed by atoms with van der Waals surface area (Å²) in [5.74, 6) is -2.09. The molecule has 0 saturated carbocycles. The fourth-order valence-corrected chi connectivity index (χ4v) is 0.506. The Kier molecular flexibility index (Phi) is 1.30. The minimum absolute atomic E-state index is 0.373. The molecule has 1 aliphatic rings. The normalized spacial score (nSPS) is 19.0. The Morgan fingerprint density at radius 2 is 2.22 bits per heavy atom. The molecular formula is C5H4FNO2. The standard InChI is InChI=1S/C5H4FNO2/c6-3-2-7-5(9)1-4(3)8/h2H,1H2,(H,7,9). The lowest BCUT2D eigenvalue weighted by molar-refractivity contribution is -0.127. The summed E-state index contributed by atoms with van der Waals surface area (Å²) in [4.78, 5) is 20.6. The van der Waals surface area contributed by atoms with Gasteiger partial charge in [0.2, 0.25) is 11.7 Å². The minimum Gasteiger partial charge on any atom is -0.329 e. The van der Waals surface area contributed by atoms with E-state index < -0.39 is 17.5 Å². The van der Waals surface area contributed by atoms with E-state index in [0.29, 0.717) is 0 Å². The first-order valence-electron chi connectivity index (χ1n) is 2.38. The van der Waals surface area contributed by atoms with Crippen LogP contribution in [0.1, 0.15) is 6.42 Å². The first-order chi connectivity index (χ1) is 4.20. The first kappa shape index (κ1) is 5.94. The molecule has 1 heterocycles. The Morgan fingerprint density at radius 1 is 1.56 bits per heavy atom. The molecule has 1 amide bonds. The molecule has 48 valence electrons. The minimum atomic E-state index is -0.880. The molecule has 0 aromatic heterocycles. The van der Waals surface area contributed by atoms with Crippen LogP contribution < -0.4 is 5.32 Å². The Labute approximate surface area is 50.5 Å². The Morgan fingerprint density at radius 3 is 2.67 bits per heavy atom. The molecule has 0 fully saturated rings. The summed E-state index contributed by atoms with van der Waals surface area (Å²) in [6.45, 7) is 0. The molecule has 0 aromatic carbocycles. The molecule has 4 heteroatoms. The number of hydrogen-bond donors (Lipinski definition) is 1. The summed E-state index contributed by atoms with van der Waals surface area (Å²) < 4.78 is 12.0. The number of halogens is 1. The third-order valence-electron chi connectivity index (χ3n) is 0.947. The van der Waals surface area contributed by atoms with Crippen molar-refractivity contribution in [3.8, 4) is 0 Å². The van der Waals surface area contributed by atoms with Crippen molar-refractivity contribution in [3.63, 3.8) is 0 Å². The second-order valence-corrected chi connectivity index (χ2v) is 1.66. The molecule has 0 bridgehead atoms. The van der Waals surface area contributed by atoms with Gasteiger partial charge in [-0.25, -0.2) is 4.39 Å². The summed E-state index contributed by atoms with van der Waals surface area (Å²) >= 11 is 0. The third kappa shape index (κ3) is 1.13. The molecule has 1 rings (SSSR count). The lowest BCUT2D eigenvalue weighted by Gasteiger charge is -2.03. The van der Waals surface area contributed by atoms with Crippen LogP contribution in [0.25, 0.3) is 0 Å². The van der Waals surface area contributed by atoms with Gasteiger partial charge in [0, 0.05) is 6.20 Å². The van der Waals surface area contributed by atoms with Crippen molar-refractivity contribution in [2.24, 2.45) is 0 Å². The highest BCUT2D eigenvalue weighted by Gasteiger charge is 2.18. The van der Waals surface area contributed by atoms with E-state index in [4.69, 9.17) is 0 Å². The van der Waals surface area contributed by atoms with Crippen LogP contribution in [0.15, 0.2) is 12.0 Å². The largest absolute Gasteiger partial charge is 0.329 e. The number of hydrogen-bond acceptors (Lipinski definition) is 2. The van der Waals surface area contributed by atoms with Crippen molar-refractivity contribution in [1.29, 1.82) is 0 Å². The SMILES string of the molecule is O=C1CC(=O)C(F)=CN1. The zero-order valence-corrected chi connectivity index (χ0v) is 4.48.